The number of hydrogen-bond donors (Lipinski definition) is 0. The van der Waals surface area contributed by atoms with Gasteiger partial charge in [-0.25, -0.2) is 0 Å². The lowest BCUT2D eigenvalue weighted by molar-refractivity contribution is -0.893. The monoisotopic (exact) mass is 245 g/mol. The van der Waals surface area contributed by atoms with Crippen LogP contribution in [-0.4, -0.2) is 38.9 Å². The summed E-state index contributed by atoms with van der Waals surface area (Å²) in [5, 5.41) is 0. The zero-order valence-corrected chi connectivity index (χ0v) is 10.9. The minimum atomic E-state index is -6.00. The SMILES string of the molecule is CCCC[N+](C)(C)CC(C)C.F[B-](F)(F)F. The molecule has 100 valence electrons. The van der Waals surface area contributed by atoms with Crippen molar-refractivity contribution in [1.29, 1.82) is 0 Å². The van der Waals surface area contributed by atoms with E-state index in [-0.39, 0.29) is 0 Å². The van der Waals surface area contributed by atoms with Crippen LogP contribution >= 0.6 is 0 Å². The third kappa shape index (κ3) is 23.5. The number of rotatable bonds is 5. The molecule has 0 spiro atoms. The van der Waals surface area contributed by atoms with Gasteiger partial charge in [-0.05, 0) is 6.42 Å². The Balaban J connectivity index is 0. The summed E-state index contributed by atoms with van der Waals surface area (Å²) >= 11 is 0. The van der Waals surface area contributed by atoms with Crippen LogP contribution in [0, 0.1) is 5.92 Å². The van der Waals surface area contributed by atoms with Crippen molar-refractivity contribution in [2.45, 2.75) is 33.6 Å². The molecule has 0 aliphatic carbocycles. The van der Waals surface area contributed by atoms with Gasteiger partial charge in [0.2, 0.25) is 0 Å². The van der Waals surface area contributed by atoms with E-state index < -0.39 is 7.25 Å². The van der Waals surface area contributed by atoms with Crippen LogP contribution in [0.25, 0.3) is 0 Å². The van der Waals surface area contributed by atoms with Crippen LogP contribution in [0.3, 0.4) is 0 Å². The zero-order valence-electron chi connectivity index (χ0n) is 10.9. The van der Waals surface area contributed by atoms with E-state index in [9.17, 15) is 17.3 Å². The Morgan fingerprint density at radius 1 is 1.06 bits per heavy atom. The molecule has 16 heavy (non-hydrogen) atoms. The molecular formula is C10H24BF4N. The second-order valence-electron chi connectivity index (χ2n) is 5.08. The molecule has 0 bridgehead atoms. The van der Waals surface area contributed by atoms with Gasteiger partial charge in [0, 0.05) is 5.92 Å². The van der Waals surface area contributed by atoms with E-state index in [4.69, 9.17) is 0 Å². The predicted octanol–water partition coefficient (Wildman–Crippen LogP) is 3.82. The molecule has 0 rings (SSSR count). The van der Waals surface area contributed by atoms with Crippen molar-refractivity contribution in [1.82, 2.24) is 0 Å². The Kier molecular flexibility index (Phi) is 8.98. The maximum Gasteiger partial charge on any atom is 0.673 e. The van der Waals surface area contributed by atoms with Crippen LogP contribution in [-0.2, 0) is 0 Å². The van der Waals surface area contributed by atoms with Gasteiger partial charge < -0.3 is 21.7 Å². The number of nitrogens with zero attached hydrogens (tertiary/aromatic N) is 1. The largest absolute Gasteiger partial charge is 0.673 e. The van der Waals surface area contributed by atoms with Crippen LogP contribution in [0.2, 0.25) is 0 Å². The lowest BCUT2D eigenvalue weighted by Crippen LogP contribution is -2.43. The Hall–Kier alpha value is -0.255. The summed E-state index contributed by atoms with van der Waals surface area (Å²) in [5.74, 6) is 0.821. The second kappa shape index (κ2) is 7.93. The first-order valence-electron chi connectivity index (χ1n) is 5.67. The Morgan fingerprint density at radius 2 is 1.44 bits per heavy atom. The third-order valence-electron chi connectivity index (χ3n) is 1.98. The Bertz CT molecular complexity index is 163. The van der Waals surface area contributed by atoms with Crippen LogP contribution < -0.4 is 0 Å². The summed E-state index contributed by atoms with van der Waals surface area (Å²) in [6, 6.07) is 0. The molecular weight excluding hydrogens is 221 g/mol. The summed E-state index contributed by atoms with van der Waals surface area (Å²) in [5.41, 5.74) is 0. The Labute approximate surface area is 96.5 Å². The van der Waals surface area contributed by atoms with Gasteiger partial charge in [-0.1, -0.05) is 27.2 Å². The van der Waals surface area contributed by atoms with Crippen LogP contribution in [0.5, 0.6) is 0 Å². The summed E-state index contributed by atoms with van der Waals surface area (Å²) in [4.78, 5) is 0. The van der Waals surface area contributed by atoms with Gasteiger partial charge >= 0.3 is 7.25 Å². The molecule has 0 atom stereocenters. The fraction of sp³-hybridized carbons (Fsp3) is 1.00. The molecule has 0 aliphatic rings. The number of unbranched alkanes of at least 4 members (excludes halogenated alkanes) is 1. The molecule has 0 heterocycles. The smallest absolute Gasteiger partial charge is 0.418 e. The molecule has 0 unspecified atom stereocenters. The molecule has 0 aromatic rings. The minimum absolute atomic E-state index is 0.821. The molecule has 0 amide bonds. The first-order chi connectivity index (χ1) is 6.98. The number of quaternary nitrogens is 1. The highest BCUT2D eigenvalue weighted by atomic mass is 19.5. The van der Waals surface area contributed by atoms with Gasteiger partial charge in [0.1, 0.15) is 0 Å². The maximum atomic E-state index is 9.75. The molecule has 0 aliphatic heterocycles. The van der Waals surface area contributed by atoms with E-state index in [2.05, 4.69) is 34.9 Å². The molecule has 0 aromatic carbocycles. The lowest BCUT2D eigenvalue weighted by atomic mass is 10.2. The molecule has 0 fully saturated rings. The lowest BCUT2D eigenvalue weighted by Gasteiger charge is -2.31. The number of halogens is 4. The van der Waals surface area contributed by atoms with Gasteiger partial charge in [0.25, 0.3) is 0 Å². The Morgan fingerprint density at radius 3 is 1.69 bits per heavy atom. The minimum Gasteiger partial charge on any atom is -0.418 e. The normalized spacial score (nSPS) is 12.4. The standard InChI is InChI=1S/C10H24N.BF4/c1-6-7-8-11(4,5)9-10(2)3;2-1(3,4)5/h10H,6-9H2,1-5H3;/q+1;-1. The molecule has 0 saturated carbocycles. The maximum absolute atomic E-state index is 9.75. The van der Waals surface area contributed by atoms with Gasteiger partial charge in [-0.2, -0.15) is 0 Å². The molecule has 1 nitrogen and oxygen atoms in total. The summed E-state index contributed by atoms with van der Waals surface area (Å²) < 4.78 is 40.2. The van der Waals surface area contributed by atoms with Gasteiger partial charge in [0.05, 0.1) is 27.2 Å². The van der Waals surface area contributed by atoms with Crippen LogP contribution in [0.1, 0.15) is 33.6 Å². The first kappa shape index (κ1) is 18.1. The van der Waals surface area contributed by atoms with Crippen molar-refractivity contribution in [3.05, 3.63) is 0 Å². The van der Waals surface area contributed by atoms with Crippen molar-refractivity contribution < 1.29 is 21.7 Å². The topological polar surface area (TPSA) is 0 Å². The fourth-order valence-corrected chi connectivity index (χ4v) is 1.67. The molecule has 0 saturated heterocycles. The molecule has 6 heteroatoms. The average Bonchev–Trinajstić information content (AvgIpc) is 1.95. The van der Waals surface area contributed by atoms with E-state index in [1.807, 2.05) is 0 Å². The number of hydrogen-bond acceptors (Lipinski definition) is 0. The van der Waals surface area contributed by atoms with E-state index >= 15 is 0 Å². The third-order valence-corrected chi connectivity index (χ3v) is 1.98. The fourth-order valence-electron chi connectivity index (χ4n) is 1.67. The second-order valence-corrected chi connectivity index (χ2v) is 5.08. The molecule has 0 aromatic heterocycles. The van der Waals surface area contributed by atoms with Crippen molar-refractivity contribution in [2.75, 3.05) is 27.2 Å². The van der Waals surface area contributed by atoms with Crippen LogP contribution in [0.4, 0.5) is 17.3 Å². The van der Waals surface area contributed by atoms with E-state index in [0.29, 0.717) is 0 Å². The highest BCUT2D eigenvalue weighted by Crippen LogP contribution is 2.07. The average molecular weight is 245 g/mol. The summed E-state index contributed by atoms with van der Waals surface area (Å²) in [7, 11) is -1.34. The van der Waals surface area contributed by atoms with Crippen molar-refractivity contribution in [2.24, 2.45) is 5.92 Å². The van der Waals surface area contributed by atoms with Gasteiger partial charge in [-0.3, -0.25) is 0 Å². The highest BCUT2D eigenvalue weighted by Gasteiger charge is 2.20. The first-order valence-corrected chi connectivity index (χ1v) is 5.67. The predicted molar refractivity (Wildman–Crippen MR) is 61.8 cm³/mol. The van der Waals surface area contributed by atoms with Gasteiger partial charge in [-0.15, -0.1) is 0 Å². The van der Waals surface area contributed by atoms with Crippen molar-refractivity contribution in [3.63, 3.8) is 0 Å². The summed E-state index contributed by atoms with van der Waals surface area (Å²) in [6.45, 7) is 9.49. The van der Waals surface area contributed by atoms with E-state index in [1.54, 1.807) is 0 Å². The molecule has 0 radical (unpaired) electrons. The van der Waals surface area contributed by atoms with Gasteiger partial charge in [0.15, 0.2) is 0 Å². The molecule has 0 N–H and O–H groups in total. The van der Waals surface area contributed by atoms with E-state index in [1.165, 1.54) is 30.4 Å². The summed E-state index contributed by atoms with van der Waals surface area (Å²) in [6.07, 6.45) is 2.68. The van der Waals surface area contributed by atoms with Crippen molar-refractivity contribution >= 4 is 7.25 Å². The van der Waals surface area contributed by atoms with E-state index in [0.717, 1.165) is 5.92 Å². The highest BCUT2D eigenvalue weighted by molar-refractivity contribution is 6.50. The zero-order chi connectivity index (χ0) is 13.4. The van der Waals surface area contributed by atoms with Crippen molar-refractivity contribution in [3.8, 4) is 0 Å². The quantitative estimate of drug-likeness (QED) is 0.392. The van der Waals surface area contributed by atoms with Crippen LogP contribution in [0.15, 0.2) is 0 Å².